The number of aliphatic hydroxyl groups is 1. The van der Waals surface area contributed by atoms with Crippen LogP contribution in [0.2, 0.25) is 0 Å². The Morgan fingerprint density at radius 2 is 2.17 bits per heavy atom. The molecule has 3 rings (SSSR count). The summed E-state index contributed by atoms with van der Waals surface area (Å²) >= 11 is 4.58. The summed E-state index contributed by atoms with van der Waals surface area (Å²) in [6.07, 6.45) is 5.30. The third-order valence-corrected chi connectivity index (χ3v) is 3.83. The van der Waals surface area contributed by atoms with E-state index in [0.29, 0.717) is 24.4 Å². The normalized spacial score (nSPS) is 26.3. The molecular formula is C13H14N2O2S. The van der Waals surface area contributed by atoms with Crippen molar-refractivity contribution in [2.45, 2.75) is 43.7 Å². The van der Waals surface area contributed by atoms with Gasteiger partial charge in [-0.15, -0.1) is 0 Å². The third-order valence-electron chi connectivity index (χ3n) is 3.74. The van der Waals surface area contributed by atoms with Gasteiger partial charge in [-0.2, -0.15) is 4.99 Å². The van der Waals surface area contributed by atoms with E-state index in [9.17, 15) is 9.90 Å². The maximum absolute atomic E-state index is 12.2. The van der Waals surface area contributed by atoms with Gasteiger partial charge in [0.2, 0.25) is 0 Å². The minimum atomic E-state index is -0.274. The van der Waals surface area contributed by atoms with Crippen LogP contribution in [0, 0.1) is 0 Å². The molecule has 0 amide bonds. The van der Waals surface area contributed by atoms with Crippen molar-refractivity contribution in [1.29, 1.82) is 0 Å². The van der Waals surface area contributed by atoms with Crippen LogP contribution < -0.4 is 5.56 Å². The number of isothiocyanates is 1. The molecule has 0 bridgehead atoms. The van der Waals surface area contributed by atoms with Crippen molar-refractivity contribution < 1.29 is 5.11 Å². The first-order chi connectivity index (χ1) is 8.69. The molecule has 1 N–H and O–H groups in total. The predicted molar refractivity (Wildman–Crippen MR) is 71.6 cm³/mol. The molecule has 0 spiro atoms. The second kappa shape index (κ2) is 4.43. The molecule has 5 heteroatoms. The Morgan fingerprint density at radius 3 is 2.72 bits per heavy atom. The van der Waals surface area contributed by atoms with Crippen molar-refractivity contribution in [3.63, 3.8) is 0 Å². The molecule has 0 saturated heterocycles. The maximum atomic E-state index is 12.2. The second-order valence-corrected chi connectivity index (χ2v) is 5.31. The van der Waals surface area contributed by atoms with Crippen LogP contribution in [0.4, 0.5) is 5.69 Å². The van der Waals surface area contributed by atoms with Crippen LogP contribution in [0.1, 0.15) is 43.2 Å². The van der Waals surface area contributed by atoms with Crippen molar-refractivity contribution in [3.8, 4) is 0 Å². The number of aliphatic imine (C=N–C) groups is 1. The van der Waals surface area contributed by atoms with Crippen LogP contribution in [0.15, 0.2) is 22.1 Å². The molecule has 1 heterocycles. The summed E-state index contributed by atoms with van der Waals surface area (Å²) in [5, 5.41) is 11.6. The molecule has 94 valence electrons. The summed E-state index contributed by atoms with van der Waals surface area (Å²) in [5.74, 6) is 0.556. The van der Waals surface area contributed by atoms with Gasteiger partial charge in [0.15, 0.2) is 0 Å². The Bertz CT molecular complexity index is 579. The summed E-state index contributed by atoms with van der Waals surface area (Å²) in [4.78, 5) is 16.1. The van der Waals surface area contributed by atoms with Crippen LogP contribution in [-0.2, 0) is 0 Å². The number of thiocarbonyl (C=S) groups is 1. The fraction of sp³-hybridized carbons (Fsp3) is 0.538. The second-order valence-electron chi connectivity index (χ2n) is 5.13. The number of pyridine rings is 1. The van der Waals surface area contributed by atoms with Crippen LogP contribution in [-0.4, -0.2) is 20.9 Å². The molecule has 2 aliphatic carbocycles. The molecule has 2 saturated carbocycles. The quantitative estimate of drug-likeness (QED) is 0.671. The first-order valence-electron chi connectivity index (χ1n) is 6.21. The number of hydrogen-bond acceptors (Lipinski definition) is 4. The molecule has 0 radical (unpaired) electrons. The zero-order valence-electron chi connectivity index (χ0n) is 9.87. The number of aliphatic hydroxyl groups excluding tert-OH is 1. The van der Waals surface area contributed by atoms with Gasteiger partial charge in [0, 0.05) is 12.2 Å². The lowest BCUT2D eigenvalue weighted by Crippen LogP contribution is -2.36. The summed E-state index contributed by atoms with van der Waals surface area (Å²) in [6.45, 7) is 0. The standard InChI is InChI=1S/C13H14N2O2S/c16-11-4-10(5-11)15-6-9(8-1-2-8)3-12(13(15)17)14-7-18/h3,6,8,10-11,16H,1-2,4-5H2/t10-,11+. The van der Waals surface area contributed by atoms with Gasteiger partial charge in [-0.1, -0.05) is 0 Å². The highest BCUT2D eigenvalue weighted by Crippen LogP contribution is 2.41. The van der Waals surface area contributed by atoms with E-state index >= 15 is 0 Å². The molecule has 2 aliphatic rings. The lowest BCUT2D eigenvalue weighted by Gasteiger charge is -2.33. The van der Waals surface area contributed by atoms with E-state index in [1.807, 2.05) is 12.3 Å². The van der Waals surface area contributed by atoms with Gasteiger partial charge >= 0.3 is 0 Å². The summed E-state index contributed by atoms with van der Waals surface area (Å²) in [6, 6.07) is 1.93. The maximum Gasteiger partial charge on any atom is 0.277 e. The fourth-order valence-electron chi connectivity index (χ4n) is 2.44. The Kier molecular flexibility index (Phi) is 2.90. The summed E-state index contributed by atoms with van der Waals surface area (Å²) in [7, 11) is 0. The van der Waals surface area contributed by atoms with E-state index in [0.717, 1.165) is 5.56 Å². The first kappa shape index (κ1) is 11.8. The Morgan fingerprint density at radius 1 is 1.44 bits per heavy atom. The largest absolute Gasteiger partial charge is 0.393 e. The van der Waals surface area contributed by atoms with Gasteiger partial charge in [0.25, 0.3) is 5.56 Å². The van der Waals surface area contributed by atoms with Gasteiger partial charge < -0.3 is 9.67 Å². The molecular weight excluding hydrogens is 248 g/mol. The zero-order chi connectivity index (χ0) is 12.7. The molecule has 2 fully saturated rings. The highest BCUT2D eigenvalue weighted by Gasteiger charge is 2.31. The minimum Gasteiger partial charge on any atom is -0.393 e. The van der Waals surface area contributed by atoms with Gasteiger partial charge in [0.05, 0.1) is 11.3 Å². The molecule has 4 nitrogen and oxygen atoms in total. The Hall–Kier alpha value is -1.29. The molecule has 0 aliphatic heterocycles. The zero-order valence-corrected chi connectivity index (χ0v) is 10.7. The number of rotatable bonds is 3. The SMILES string of the molecule is O=c1c(N=C=S)cc(C2CC2)cn1[C@H]1C[C@@H](O)C1. The molecule has 0 aromatic carbocycles. The number of aromatic nitrogens is 1. The lowest BCUT2D eigenvalue weighted by molar-refractivity contribution is 0.0471. The van der Waals surface area contributed by atoms with Gasteiger partial charge in [0.1, 0.15) is 5.69 Å². The van der Waals surface area contributed by atoms with Gasteiger partial charge in [-0.25, -0.2) is 0 Å². The van der Waals surface area contributed by atoms with Gasteiger partial charge in [-0.3, -0.25) is 4.79 Å². The van der Waals surface area contributed by atoms with E-state index in [-0.39, 0.29) is 17.7 Å². The van der Waals surface area contributed by atoms with Gasteiger partial charge in [-0.05, 0) is 55.4 Å². The summed E-state index contributed by atoms with van der Waals surface area (Å²) < 4.78 is 1.71. The lowest BCUT2D eigenvalue weighted by atomic mass is 9.89. The van der Waals surface area contributed by atoms with Crippen molar-refractivity contribution in [3.05, 3.63) is 28.2 Å². The van der Waals surface area contributed by atoms with Crippen LogP contribution in [0.25, 0.3) is 0 Å². The van der Waals surface area contributed by atoms with E-state index in [1.165, 1.54) is 12.8 Å². The van der Waals surface area contributed by atoms with E-state index in [2.05, 4.69) is 22.4 Å². The third kappa shape index (κ3) is 2.05. The minimum absolute atomic E-state index is 0.102. The average molecular weight is 262 g/mol. The Balaban J connectivity index is 2.05. The fourth-order valence-corrected chi connectivity index (χ4v) is 2.53. The highest BCUT2D eigenvalue weighted by molar-refractivity contribution is 7.78. The Labute approximate surface area is 110 Å². The topological polar surface area (TPSA) is 54.6 Å². The average Bonchev–Trinajstić information content (AvgIpc) is 3.12. The van der Waals surface area contributed by atoms with Crippen molar-refractivity contribution in [1.82, 2.24) is 4.57 Å². The molecule has 0 unspecified atom stereocenters. The highest BCUT2D eigenvalue weighted by atomic mass is 32.1. The van der Waals surface area contributed by atoms with Crippen molar-refractivity contribution >= 4 is 23.1 Å². The molecule has 18 heavy (non-hydrogen) atoms. The molecule has 1 aromatic heterocycles. The smallest absolute Gasteiger partial charge is 0.277 e. The van der Waals surface area contributed by atoms with Crippen molar-refractivity contribution in [2.75, 3.05) is 0 Å². The number of nitrogens with zero attached hydrogens (tertiary/aromatic N) is 2. The molecule has 0 atom stereocenters. The van der Waals surface area contributed by atoms with Crippen LogP contribution in [0.5, 0.6) is 0 Å². The van der Waals surface area contributed by atoms with E-state index in [4.69, 9.17) is 0 Å². The van der Waals surface area contributed by atoms with Crippen LogP contribution in [0.3, 0.4) is 0 Å². The van der Waals surface area contributed by atoms with E-state index < -0.39 is 0 Å². The number of hydrogen-bond donors (Lipinski definition) is 1. The van der Waals surface area contributed by atoms with E-state index in [1.54, 1.807) is 4.57 Å². The van der Waals surface area contributed by atoms with Crippen molar-refractivity contribution in [2.24, 2.45) is 4.99 Å². The molecule has 1 aromatic rings. The monoisotopic (exact) mass is 262 g/mol. The first-order valence-corrected chi connectivity index (χ1v) is 6.62. The summed E-state index contributed by atoms with van der Waals surface area (Å²) in [5.41, 5.74) is 1.39. The predicted octanol–water partition coefficient (Wildman–Crippen LogP) is 2.16. The van der Waals surface area contributed by atoms with Crippen LogP contribution >= 0.6 is 12.2 Å².